The standard InChI is InChI=1S/C16H23NO3S/c1-12(2)16(18)14-5-4-10-17(11-14)21(19,20)15-8-6-13(3)7-9-15/h6-9,12,14H,4-5,10-11H2,1-3H3. The topological polar surface area (TPSA) is 54.5 Å². The first-order valence-electron chi connectivity index (χ1n) is 7.43. The summed E-state index contributed by atoms with van der Waals surface area (Å²) in [4.78, 5) is 12.4. The minimum Gasteiger partial charge on any atom is -0.299 e. The molecule has 0 spiro atoms. The molecule has 4 nitrogen and oxygen atoms in total. The molecule has 2 rings (SSSR count). The second-order valence-corrected chi connectivity index (χ2v) is 8.01. The van der Waals surface area contributed by atoms with Crippen LogP contribution in [0.2, 0.25) is 0 Å². The number of Topliss-reactive ketones (excluding diaryl/α,β-unsaturated/α-hetero) is 1. The molecule has 0 N–H and O–H groups in total. The molecule has 116 valence electrons. The van der Waals surface area contributed by atoms with E-state index in [0.29, 0.717) is 18.0 Å². The number of benzene rings is 1. The molecule has 1 aliphatic rings. The number of aryl methyl sites for hydroxylation is 1. The molecule has 1 heterocycles. The third kappa shape index (κ3) is 3.52. The number of sulfonamides is 1. The molecule has 21 heavy (non-hydrogen) atoms. The Morgan fingerprint density at radius 3 is 2.43 bits per heavy atom. The molecular weight excluding hydrogens is 286 g/mol. The van der Waals surface area contributed by atoms with Gasteiger partial charge in [0, 0.05) is 24.9 Å². The van der Waals surface area contributed by atoms with E-state index in [-0.39, 0.29) is 17.6 Å². The van der Waals surface area contributed by atoms with Gasteiger partial charge in [0.1, 0.15) is 5.78 Å². The fourth-order valence-electron chi connectivity index (χ4n) is 2.72. The van der Waals surface area contributed by atoms with Crippen LogP contribution in [-0.4, -0.2) is 31.6 Å². The van der Waals surface area contributed by atoms with Gasteiger partial charge in [-0.05, 0) is 31.9 Å². The maximum atomic E-state index is 12.7. The average molecular weight is 309 g/mol. The van der Waals surface area contributed by atoms with Crippen LogP contribution in [0.4, 0.5) is 0 Å². The Morgan fingerprint density at radius 1 is 1.24 bits per heavy atom. The monoisotopic (exact) mass is 309 g/mol. The van der Waals surface area contributed by atoms with Gasteiger partial charge in [-0.1, -0.05) is 31.5 Å². The maximum absolute atomic E-state index is 12.7. The van der Waals surface area contributed by atoms with Crippen molar-refractivity contribution in [2.75, 3.05) is 13.1 Å². The highest BCUT2D eigenvalue weighted by atomic mass is 32.2. The van der Waals surface area contributed by atoms with Gasteiger partial charge in [0.05, 0.1) is 4.90 Å². The predicted molar refractivity (Wildman–Crippen MR) is 82.5 cm³/mol. The SMILES string of the molecule is Cc1ccc(S(=O)(=O)N2CCCC(C(=O)C(C)C)C2)cc1. The first-order valence-corrected chi connectivity index (χ1v) is 8.87. The molecule has 1 fully saturated rings. The summed E-state index contributed by atoms with van der Waals surface area (Å²) in [5, 5.41) is 0. The van der Waals surface area contributed by atoms with E-state index in [1.807, 2.05) is 20.8 Å². The minimum absolute atomic E-state index is 0.0444. The smallest absolute Gasteiger partial charge is 0.243 e. The van der Waals surface area contributed by atoms with Crippen molar-refractivity contribution in [3.63, 3.8) is 0 Å². The van der Waals surface area contributed by atoms with Crippen molar-refractivity contribution in [1.29, 1.82) is 0 Å². The summed E-state index contributed by atoms with van der Waals surface area (Å²) in [6.45, 7) is 6.48. The maximum Gasteiger partial charge on any atom is 0.243 e. The van der Waals surface area contributed by atoms with Gasteiger partial charge in [0.2, 0.25) is 10.0 Å². The number of ketones is 1. The molecule has 1 unspecified atom stereocenters. The van der Waals surface area contributed by atoms with Crippen molar-refractivity contribution in [1.82, 2.24) is 4.31 Å². The van der Waals surface area contributed by atoms with Gasteiger partial charge in [-0.3, -0.25) is 4.79 Å². The zero-order valence-corrected chi connectivity index (χ0v) is 13.7. The lowest BCUT2D eigenvalue weighted by atomic mass is 9.89. The highest BCUT2D eigenvalue weighted by Gasteiger charge is 2.33. The summed E-state index contributed by atoms with van der Waals surface area (Å²) in [6, 6.07) is 6.87. The summed E-state index contributed by atoms with van der Waals surface area (Å²) in [6.07, 6.45) is 1.53. The third-order valence-corrected chi connectivity index (χ3v) is 5.89. The van der Waals surface area contributed by atoms with E-state index in [0.717, 1.165) is 18.4 Å². The summed E-state index contributed by atoms with van der Waals surface area (Å²) < 4.78 is 26.8. The largest absolute Gasteiger partial charge is 0.299 e. The summed E-state index contributed by atoms with van der Waals surface area (Å²) in [7, 11) is -3.49. The van der Waals surface area contributed by atoms with Gasteiger partial charge in [-0.15, -0.1) is 0 Å². The first kappa shape index (κ1) is 16.2. The Hall–Kier alpha value is -1.20. The highest BCUT2D eigenvalue weighted by molar-refractivity contribution is 7.89. The molecule has 0 aliphatic carbocycles. The van der Waals surface area contributed by atoms with Crippen molar-refractivity contribution in [3.8, 4) is 0 Å². The number of hydrogen-bond donors (Lipinski definition) is 0. The van der Waals surface area contributed by atoms with Crippen molar-refractivity contribution in [2.24, 2.45) is 11.8 Å². The molecule has 0 amide bonds. The summed E-state index contributed by atoms with van der Waals surface area (Å²) in [5.41, 5.74) is 1.03. The molecule has 5 heteroatoms. The van der Waals surface area contributed by atoms with Gasteiger partial charge < -0.3 is 0 Å². The van der Waals surface area contributed by atoms with Crippen LogP contribution >= 0.6 is 0 Å². The number of carbonyl (C=O) groups excluding carboxylic acids is 1. The van der Waals surface area contributed by atoms with Crippen LogP contribution in [0.25, 0.3) is 0 Å². The van der Waals surface area contributed by atoms with Gasteiger partial charge in [0.25, 0.3) is 0 Å². The van der Waals surface area contributed by atoms with Crippen molar-refractivity contribution >= 4 is 15.8 Å². The molecular formula is C16H23NO3S. The van der Waals surface area contributed by atoms with E-state index < -0.39 is 10.0 Å². The van der Waals surface area contributed by atoms with E-state index in [4.69, 9.17) is 0 Å². The second-order valence-electron chi connectivity index (χ2n) is 6.07. The molecule has 1 aromatic carbocycles. The zero-order valence-electron chi connectivity index (χ0n) is 12.9. The number of nitrogens with zero attached hydrogens (tertiary/aromatic N) is 1. The molecule has 0 radical (unpaired) electrons. The average Bonchev–Trinajstić information content (AvgIpc) is 2.47. The van der Waals surface area contributed by atoms with E-state index >= 15 is 0 Å². The van der Waals surface area contributed by atoms with E-state index in [1.54, 1.807) is 24.3 Å². The normalized spacial score (nSPS) is 20.7. The molecule has 0 bridgehead atoms. The van der Waals surface area contributed by atoms with Crippen LogP contribution in [0.3, 0.4) is 0 Å². The van der Waals surface area contributed by atoms with Gasteiger partial charge in [-0.25, -0.2) is 8.42 Å². The van der Waals surface area contributed by atoms with Crippen LogP contribution in [0.15, 0.2) is 29.2 Å². The van der Waals surface area contributed by atoms with E-state index in [9.17, 15) is 13.2 Å². The Labute approximate surface area is 127 Å². The third-order valence-electron chi connectivity index (χ3n) is 4.01. The van der Waals surface area contributed by atoms with Crippen molar-refractivity contribution < 1.29 is 13.2 Å². The molecule has 0 saturated carbocycles. The fourth-order valence-corrected chi connectivity index (χ4v) is 4.25. The number of carbonyl (C=O) groups is 1. The van der Waals surface area contributed by atoms with Gasteiger partial charge in [0.15, 0.2) is 0 Å². The summed E-state index contributed by atoms with van der Waals surface area (Å²) in [5.74, 6) is -0.0465. The number of rotatable bonds is 4. The second kappa shape index (κ2) is 6.28. The van der Waals surface area contributed by atoms with E-state index in [2.05, 4.69) is 0 Å². The first-order chi connectivity index (χ1) is 9.82. The van der Waals surface area contributed by atoms with Gasteiger partial charge in [-0.2, -0.15) is 4.31 Å². The summed E-state index contributed by atoms with van der Waals surface area (Å²) >= 11 is 0. The Morgan fingerprint density at radius 2 is 1.86 bits per heavy atom. The number of piperidine rings is 1. The molecule has 0 aromatic heterocycles. The highest BCUT2D eigenvalue weighted by Crippen LogP contribution is 2.25. The Balaban J connectivity index is 2.20. The fraction of sp³-hybridized carbons (Fsp3) is 0.562. The minimum atomic E-state index is -3.49. The van der Waals surface area contributed by atoms with Crippen LogP contribution < -0.4 is 0 Å². The van der Waals surface area contributed by atoms with Crippen LogP contribution in [-0.2, 0) is 14.8 Å². The lowest BCUT2D eigenvalue weighted by Crippen LogP contribution is -2.43. The zero-order chi connectivity index (χ0) is 15.6. The van der Waals surface area contributed by atoms with Crippen molar-refractivity contribution in [2.45, 2.75) is 38.5 Å². The molecule has 1 aromatic rings. The van der Waals surface area contributed by atoms with Crippen molar-refractivity contribution in [3.05, 3.63) is 29.8 Å². The van der Waals surface area contributed by atoms with Gasteiger partial charge >= 0.3 is 0 Å². The molecule has 1 atom stereocenters. The molecule has 1 saturated heterocycles. The quantitative estimate of drug-likeness (QED) is 0.859. The Kier molecular flexibility index (Phi) is 4.84. The lowest BCUT2D eigenvalue weighted by Gasteiger charge is -2.32. The lowest BCUT2D eigenvalue weighted by molar-refractivity contribution is -0.126. The van der Waals surface area contributed by atoms with E-state index in [1.165, 1.54) is 4.31 Å². The van der Waals surface area contributed by atoms with Crippen LogP contribution in [0.5, 0.6) is 0 Å². The number of hydrogen-bond acceptors (Lipinski definition) is 3. The predicted octanol–water partition coefficient (Wildman–Crippen LogP) is 2.62. The van der Waals surface area contributed by atoms with Crippen LogP contribution in [0.1, 0.15) is 32.3 Å². The molecule has 1 aliphatic heterocycles. The van der Waals surface area contributed by atoms with Crippen LogP contribution in [0, 0.1) is 18.8 Å². The Bertz CT molecular complexity index is 605.